The molecule has 0 amide bonds. The summed E-state index contributed by atoms with van der Waals surface area (Å²) in [5.74, 6) is 0.852. The second-order valence-electron chi connectivity index (χ2n) is 4.15. The van der Waals surface area contributed by atoms with Crippen LogP contribution >= 0.6 is 11.6 Å². The molecule has 0 aliphatic heterocycles. The minimum atomic E-state index is -4.94. The Bertz CT molecular complexity index is 523. The van der Waals surface area contributed by atoms with Gasteiger partial charge >= 0.3 is 0 Å². The molecule has 0 aliphatic rings. The first-order valence-corrected chi connectivity index (χ1v) is 7.54. The van der Waals surface area contributed by atoms with Crippen molar-refractivity contribution in [2.75, 3.05) is 21.2 Å². The van der Waals surface area contributed by atoms with E-state index in [0.29, 0.717) is 5.03 Å². The molecule has 0 saturated heterocycles. The van der Waals surface area contributed by atoms with Crippen LogP contribution in [0.1, 0.15) is 5.56 Å². The van der Waals surface area contributed by atoms with Gasteiger partial charge in [0.25, 0.3) is 0 Å². The molecule has 22 heavy (non-hydrogen) atoms. The van der Waals surface area contributed by atoms with Crippen molar-refractivity contribution >= 4 is 23.9 Å². The molecule has 0 saturated carbocycles. The van der Waals surface area contributed by atoms with E-state index >= 15 is 0 Å². The molecule has 8 heteroatoms. The number of hydrogen-bond donors (Lipinski definition) is 0. The maximum Gasteiger partial charge on any atom is 0.164 e. The van der Waals surface area contributed by atoms with Crippen LogP contribution in [0.3, 0.4) is 0 Å². The third-order valence-electron chi connectivity index (χ3n) is 2.08. The summed E-state index contributed by atoms with van der Waals surface area (Å²) in [6, 6.07) is 7.80. The molecule has 0 N–H and O–H groups in total. The molecule has 122 valence electrons. The van der Waals surface area contributed by atoms with Crippen molar-refractivity contribution in [3.8, 4) is 5.75 Å². The van der Waals surface area contributed by atoms with Gasteiger partial charge in [0.1, 0.15) is 19.8 Å². The maximum absolute atomic E-state index is 8.49. The summed E-state index contributed by atoms with van der Waals surface area (Å²) >= 11 is 6.03. The van der Waals surface area contributed by atoms with Gasteiger partial charge in [-0.2, -0.15) is 0 Å². The first-order valence-electron chi connectivity index (χ1n) is 5.93. The summed E-state index contributed by atoms with van der Waals surface area (Å²) in [5, 5.41) is 0.689. The van der Waals surface area contributed by atoms with Crippen LogP contribution in [-0.2, 0) is 0 Å². The Balaban J connectivity index is 0.000000763. The van der Waals surface area contributed by atoms with Crippen LogP contribution in [0.5, 0.6) is 5.75 Å². The summed E-state index contributed by atoms with van der Waals surface area (Å²) in [5.41, 5.74) is 1.09. The fourth-order valence-electron chi connectivity index (χ4n) is 1.17. The molecule has 1 aromatic carbocycles. The van der Waals surface area contributed by atoms with Gasteiger partial charge in [0.15, 0.2) is 6.21 Å². The Labute approximate surface area is 136 Å². The van der Waals surface area contributed by atoms with Crippen molar-refractivity contribution in [1.82, 2.24) is 0 Å². The Morgan fingerprint density at radius 1 is 1.14 bits per heavy atom. The van der Waals surface area contributed by atoms with Crippen LogP contribution < -0.4 is 23.4 Å². The Kier molecular flexibility index (Phi) is 9.68. The van der Waals surface area contributed by atoms with Gasteiger partial charge in [-0.3, -0.25) is 0 Å². The standard InChI is InChI=1S/C14H17ClNO.ClHO4/c1-16(2)11-10-13(15)7-4-12-5-8-14(17-3)9-6-12;2-1(3,4)5/h4-11H,1-3H3;(H,2,3,4,5)/q+1;/p-1/b7-4+,13-10-;. The number of allylic oxidation sites excluding steroid dienone is 3. The molecule has 0 aromatic heterocycles. The van der Waals surface area contributed by atoms with E-state index in [-0.39, 0.29) is 0 Å². The molecule has 0 atom stereocenters. The molecule has 0 spiro atoms. The van der Waals surface area contributed by atoms with Crippen LogP contribution in [0.2, 0.25) is 0 Å². The second kappa shape index (κ2) is 10.3. The topological polar surface area (TPSA) is 104 Å². The molecule has 0 radical (unpaired) electrons. The zero-order valence-corrected chi connectivity index (χ0v) is 13.9. The molecule has 0 heterocycles. The highest BCUT2D eigenvalue weighted by molar-refractivity contribution is 6.32. The Morgan fingerprint density at radius 2 is 1.64 bits per heavy atom. The summed E-state index contributed by atoms with van der Waals surface area (Å²) in [7, 11) is 0.614. The molecule has 6 nitrogen and oxygen atoms in total. The van der Waals surface area contributed by atoms with Crippen molar-refractivity contribution in [3.63, 3.8) is 0 Å². The monoisotopic (exact) mass is 349 g/mol. The van der Waals surface area contributed by atoms with Gasteiger partial charge in [-0.1, -0.05) is 29.8 Å². The molecule has 0 aliphatic carbocycles. The molecule has 1 rings (SSSR count). The maximum atomic E-state index is 8.49. The molecule has 1 aromatic rings. The summed E-state index contributed by atoms with van der Waals surface area (Å²) < 4.78 is 41.0. The summed E-state index contributed by atoms with van der Waals surface area (Å²) in [6.07, 6.45) is 7.58. The predicted octanol–water partition coefficient (Wildman–Crippen LogP) is -1.58. The fraction of sp³-hybridized carbons (Fsp3) is 0.214. The van der Waals surface area contributed by atoms with Gasteiger partial charge < -0.3 is 4.74 Å². The number of benzene rings is 1. The molecular formula is C14H17Cl2NO5. The van der Waals surface area contributed by atoms with E-state index in [4.69, 9.17) is 35.0 Å². The average Bonchev–Trinajstić information content (AvgIpc) is 2.41. The zero-order chi connectivity index (χ0) is 17.2. The van der Waals surface area contributed by atoms with Gasteiger partial charge in [0.2, 0.25) is 0 Å². The number of rotatable bonds is 4. The van der Waals surface area contributed by atoms with Crippen molar-refractivity contribution in [3.05, 3.63) is 47.0 Å². The van der Waals surface area contributed by atoms with Crippen LogP contribution in [0.15, 0.2) is 41.4 Å². The van der Waals surface area contributed by atoms with E-state index in [1.807, 2.05) is 67.4 Å². The Morgan fingerprint density at radius 3 is 2.05 bits per heavy atom. The van der Waals surface area contributed by atoms with Crippen LogP contribution in [0.4, 0.5) is 0 Å². The molecular weight excluding hydrogens is 333 g/mol. The lowest BCUT2D eigenvalue weighted by atomic mass is 10.2. The van der Waals surface area contributed by atoms with E-state index in [0.717, 1.165) is 11.3 Å². The highest BCUT2D eigenvalue weighted by Crippen LogP contribution is 2.13. The third-order valence-corrected chi connectivity index (χ3v) is 2.33. The number of methoxy groups -OCH3 is 1. The van der Waals surface area contributed by atoms with Crippen molar-refractivity contribution < 1.29 is 38.2 Å². The minimum absolute atomic E-state index is 0.689. The van der Waals surface area contributed by atoms with E-state index in [2.05, 4.69) is 0 Å². The van der Waals surface area contributed by atoms with E-state index in [9.17, 15) is 0 Å². The highest BCUT2D eigenvalue weighted by atomic mass is 35.7. The molecule has 0 bridgehead atoms. The quantitative estimate of drug-likeness (QED) is 0.370. The normalized spacial score (nSPS) is 11.7. The van der Waals surface area contributed by atoms with Gasteiger partial charge in [0, 0.05) is 11.1 Å². The lowest BCUT2D eigenvalue weighted by Gasteiger charge is -2.17. The number of nitrogens with zero attached hydrogens (tertiary/aromatic N) is 1. The van der Waals surface area contributed by atoms with Gasteiger partial charge in [-0.05, 0) is 23.8 Å². The van der Waals surface area contributed by atoms with Crippen LogP contribution in [0.25, 0.3) is 6.08 Å². The molecule has 0 unspecified atom stereocenters. The van der Waals surface area contributed by atoms with Crippen molar-refractivity contribution in [1.29, 1.82) is 0 Å². The second-order valence-corrected chi connectivity index (χ2v) is 5.34. The van der Waals surface area contributed by atoms with Gasteiger partial charge in [-0.25, -0.2) is 23.2 Å². The first kappa shape index (κ1) is 20.6. The lowest BCUT2D eigenvalue weighted by Crippen LogP contribution is -2.68. The Hall–Kier alpha value is -1.41. The lowest BCUT2D eigenvalue weighted by molar-refractivity contribution is -2.00. The first-order chi connectivity index (χ1) is 10.1. The number of hydrogen-bond acceptors (Lipinski definition) is 5. The average molecular weight is 350 g/mol. The predicted molar refractivity (Wildman–Crippen MR) is 74.1 cm³/mol. The largest absolute Gasteiger partial charge is 0.497 e. The van der Waals surface area contributed by atoms with E-state index < -0.39 is 10.2 Å². The smallest absolute Gasteiger partial charge is 0.164 e. The summed E-state index contributed by atoms with van der Waals surface area (Å²) in [6.45, 7) is 0. The van der Waals surface area contributed by atoms with Gasteiger partial charge in [0.05, 0.1) is 7.11 Å². The fourth-order valence-corrected chi connectivity index (χ4v) is 1.29. The van der Waals surface area contributed by atoms with Crippen molar-refractivity contribution in [2.24, 2.45) is 0 Å². The minimum Gasteiger partial charge on any atom is -0.497 e. The van der Waals surface area contributed by atoms with Crippen LogP contribution in [0, 0.1) is 10.2 Å². The SMILES string of the molecule is COc1ccc(/C=C/C(Cl)=C/C=[N+](C)C)cc1.[O-][Cl+3]([O-])([O-])[O-]. The van der Waals surface area contributed by atoms with Crippen molar-refractivity contribution in [2.45, 2.75) is 0 Å². The molecule has 0 fully saturated rings. The van der Waals surface area contributed by atoms with E-state index in [1.54, 1.807) is 7.11 Å². The van der Waals surface area contributed by atoms with Gasteiger partial charge in [-0.15, -0.1) is 10.2 Å². The number of halogens is 2. The summed E-state index contributed by atoms with van der Waals surface area (Å²) in [4.78, 5) is 0. The number of ether oxygens (including phenoxy) is 1. The zero-order valence-electron chi connectivity index (χ0n) is 12.4. The highest BCUT2D eigenvalue weighted by Gasteiger charge is 1.91. The third kappa shape index (κ3) is 13.6. The van der Waals surface area contributed by atoms with E-state index in [1.165, 1.54) is 0 Å². The van der Waals surface area contributed by atoms with Crippen LogP contribution in [-0.4, -0.2) is 32.0 Å².